The van der Waals surface area contributed by atoms with Crippen molar-refractivity contribution in [2.45, 2.75) is 25.9 Å². The molecule has 0 bridgehead atoms. The number of hydrogen-bond donors (Lipinski definition) is 1. The molecule has 1 atom stereocenters. The maximum Gasteiger partial charge on any atom is 0.109 e. The second-order valence-corrected chi connectivity index (χ2v) is 4.12. The topological polar surface area (TPSA) is 20.2 Å². The smallest absolute Gasteiger partial charge is 0.109 e. The Morgan fingerprint density at radius 2 is 2.07 bits per heavy atom. The van der Waals surface area contributed by atoms with Gasteiger partial charge in [0.2, 0.25) is 0 Å². The lowest BCUT2D eigenvalue weighted by Crippen LogP contribution is -2.19. The molecule has 1 heteroatoms. The van der Waals surface area contributed by atoms with E-state index in [1.807, 2.05) is 50.3 Å². The van der Waals surface area contributed by atoms with Gasteiger partial charge in [-0.3, -0.25) is 0 Å². The van der Waals surface area contributed by atoms with E-state index in [1.165, 1.54) is 5.56 Å². The summed E-state index contributed by atoms with van der Waals surface area (Å²) in [7, 11) is 0. The van der Waals surface area contributed by atoms with Gasteiger partial charge in [0.25, 0.3) is 0 Å². The Morgan fingerprint density at radius 3 is 2.73 bits per heavy atom. The minimum absolute atomic E-state index is 0.796. The average Bonchev–Trinajstić information content (AvgIpc) is 2.48. The normalized spacial score (nSPS) is 27.5. The van der Waals surface area contributed by atoms with E-state index in [0.717, 1.165) is 17.6 Å². The van der Waals surface area contributed by atoms with Gasteiger partial charge in [-0.1, -0.05) is 42.5 Å². The minimum Gasteiger partial charge on any atom is -0.381 e. The van der Waals surface area contributed by atoms with E-state index in [-0.39, 0.29) is 0 Å². The molecule has 0 aliphatic heterocycles. The lowest BCUT2D eigenvalue weighted by molar-refractivity contribution is 0.103. The van der Waals surface area contributed by atoms with E-state index >= 15 is 0 Å². The fourth-order valence-corrected chi connectivity index (χ4v) is 2.13. The van der Waals surface area contributed by atoms with E-state index in [9.17, 15) is 5.11 Å². The lowest BCUT2D eigenvalue weighted by atomic mass is 9.94. The van der Waals surface area contributed by atoms with Crippen LogP contribution in [0.25, 0.3) is 0 Å². The molecule has 0 saturated carbocycles. The van der Waals surface area contributed by atoms with Gasteiger partial charge in [0.05, 0.1) is 0 Å². The Kier molecular flexibility index (Phi) is 2.49. The Bertz CT molecular complexity index is 425. The van der Waals surface area contributed by atoms with Gasteiger partial charge in [-0.05, 0) is 37.0 Å². The predicted molar refractivity (Wildman–Crippen MR) is 62.6 cm³/mol. The highest BCUT2D eigenvalue weighted by Crippen LogP contribution is 2.40. The van der Waals surface area contributed by atoms with E-state index in [1.54, 1.807) is 0 Å². The molecule has 1 aliphatic carbocycles. The van der Waals surface area contributed by atoms with Crippen LogP contribution in [0.4, 0.5) is 0 Å². The molecule has 0 amide bonds. The summed E-state index contributed by atoms with van der Waals surface area (Å²) < 4.78 is 0. The van der Waals surface area contributed by atoms with Gasteiger partial charge in [-0.15, -0.1) is 0 Å². The van der Waals surface area contributed by atoms with E-state index in [0.29, 0.717) is 0 Å². The van der Waals surface area contributed by atoms with Gasteiger partial charge in [0, 0.05) is 0 Å². The van der Waals surface area contributed by atoms with Crippen LogP contribution in [0.1, 0.15) is 25.0 Å². The third-order valence-electron chi connectivity index (χ3n) is 3.04. The van der Waals surface area contributed by atoms with Crippen molar-refractivity contribution in [1.29, 1.82) is 0 Å². The van der Waals surface area contributed by atoms with Crippen LogP contribution >= 0.6 is 0 Å². The molecule has 1 unspecified atom stereocenters. The molecule has 1 aromatic carbocycles. The summed E-state index contributed by atoms with van der Waals surface area (Å²) in [5.74, 6) is 0. The van der Waals surface area contributed by atoms with Crippen LogP contribution in [0.2, 0.25) is 0 Å². The van der Waals surface area contributed by atoms with Crippen molar-refractivity contribution < 1.29 is 5.11 Å². The summed E-state index contributed by atoms with van der Waals surface area (Å²) >= 11 is 0. The van der Waals surface area contributed by atoms with Gasteiger partial charge in [-0.25, -0.2) is 0 Å². The maximum atomic E-state index is 10.4. The van der Waals surface area contributed by atoms with Crippen molar-refractivity contribution >= 4 is 0 Å². The van der Waals surface area contributed by atoms with Crippen molar-refractivity contribution in [3.8, 4) is 0 Å². The zero-order valence-corrected chi connectivity index (χ0v) is 9.20. The molecule has 78 valence electrons. The first-order valence-electron chi connectivity index (χ1n) is 5.29. The first kappa shape index (κ1) is 10.2. The van der Waals surface area contributed by atoms with Gasteiger partial charge >= 0.3 is 0 Å². The van der Waals surface area contributed by atoms with Gasteiger partial charge in [0.1, 0.15) is 5.60 Å². The van der Waals surface area contributed by atoms with Gasteiger partial charge in [0.15, 0.2) is 0 Å². The van der Waals surface area contributed by atoms with Crippen LogP contribution in [-0.4, -0.2) is 5.11 Å². The third-order valence-corrected chi connectivity index (χ3v) is 3.04. The van der Waals surface area contributed by atoms with Gasteiger partial charge < -0.3 is 5.11 Å². The highest BCUT2D eigenvalue weighted by atomic mass is 16.3. The molecule has 1 N–H and O–H groups in total. The number of hydrogen-bond acceptors (Lipinski definition) is 1. The first-order valence-corrected chi connectivity index (χ1v) is 5.29. The number of fused-ring (bicyclic) bond motifs is 1. The zero-order chi connectivity index (χ0) is 10.9. The molecule has 0 spiro atoms. The van der Waals surface area contributed by atoms with Crippen molar-refractivity contribution in [1.82, 2.24) is 0 Å². The standard InChI is InChI=1S/C14H16O/c1-3-4-8-12-10-11-7-5-6-9-13(11)14(12,2)15/h3-9,15H,10H2,1-2H3/b4-3-,12-8+. The highest BCUT2D eigenvalue weighted by molar-refractivity contribution is 5.48. The first-order chi connectivity index (χ1) is 7.16. The molecule has 0 heterocycles. The monoisotopic (exact) mass is 200 g/mol. The van der Waals surface area contributed by atoms with Crippen LogP contribution < -0.4 is 0 Å². The molecule has 1 nitrogen and oxygen atoms in total. The number of allylic oxidation sites excluding steroid dienone is 3. The number of aliphatic hydroxyl groups is 1. The van der Waals surface area contributed by atoms with Crippen LogP contribution in [0.5, 0.6) is 0 Å². The molecule has 0 saturated heterocycles. The van der Waals surface area contributed by atoms with Crippen molar-refractivity contribution in [3.63, 3.8) is 0 Å². The molecule has 1 aliphatic rings. The van der Waals surface area contributed by atoms with Gasteiger partial charge in [-0.2, -0.15) is 0 Å². The molecule has 0 aromatic heterocycles. The molecule has 2 rings (SSSR count). The van der Waals surface area contributed by atoms with E-state index in [2.05, 4.69) is 6.07 Å². The highest BCUT2D eigenvalue weighted by Gasteiger charge is 2.35. The quantitative estimate of drug-likeness (QED) is 0.739. The summed E-state index contributed by atoms with van der Waals surface area (Å²) in [5, 5.41) is 10.4. The minimum atomic E-state index is -0.796. The Morgan fingerprint density at radius 1 is 1.33 bits per heavy atom. The fourth-order valence-electron chi connectivity index (χ4n) is 2.13. The van der Waals surface area contributed by atoms with Crippen LogP contribution in [0.3, 0.4) is 0 Å². The maximum absolute atomic E-state index is 10.4. The van der Waals surface area contributed by atoms with Crippen molar-refractivity contribution in [2.75, 3.05) is 0 Å². The number of benzene rings is 1. The summed E-state index contributed by atoms with van der Waals surface area (Å²) in [5.41, 5.74) is 2.55. The molecule has 0 fully saturated rings. The Labute approximate surface area is 90.8 Å². The largest absolute Gasteiger partial charge is 0.381 e. The number of rotatable bonds is 1. The molecule has 0 radical (unpaired) electrons. The second kappa shape index (κ2) is 3.67. The lowest BCUT2D eigenvalue weighted by Gasteiger charge is -2.20. The average molecular weight is 200 g/mol. The summed E-state index contributed by atoms with van der Waals surface area (Å²) in [6, 6.07) is 8.09. The molecular formula is C14H16O. The van der Waals surface area contributed by atoms with Crippen molar-refractivity contribution in [2.24, 2.45) is 0 Å². The fraction of sp³-hybridized carbons (Fsp3) is 0.286. The molecule has 15 heavy (non-hydrogen) atoms. The van der Waals surface area contributed by atoms with E-state index in [4.69, 9.17) is 0 Å². The van der Waals surface area contributed by atoms with E-state index < -0.39 is 5.60 Å². The third kappa shape index (κ3) is 1.64. The predicted octanol–water partition coefficient (Wildman–Crippen LogP) is 2.95. The van der Waals surface area contributed by atoms with Crippen molar-refractivity contribution in [3.05, 3.63) is 59.2 Å². The summed E-state index contributed by atoms with van der Waals surface area (Å²) in [6.07, 6.45) is 6.83. The summed E-state index contributed by atoms with van der Waals surface area (Å²) in [4.78, 5) is 0. The van der Waals surface area contributed by atoms with Crippen LogP contribution in [0.15, 0.2) is 48.1 Å². The Balaban J connectivity index is 2.47. The zero-order valence-electron chi connectivity index (χ0n) is 9.20. The SMILES string of the molecule is C/C=C\C=C1/Cc2ccccc2C1(C)O. The second-order valence-electron chi connectivity index (χ2n) is 4.12. The molecule has 1 aromatic rings. The van der Waals surface area contributed by atoms with Crippen LogP contribution in [-0.2, 0) is 12.0 Å². The summed E-state index contributed by atoms with van der Waals surface area (Å²) in [6.45, 7) is 3.85. The molecular weight excluding hydrogens is 184 g/mol. The van der Waals surface area contributed by atoms with Crippen LogP contribution in [0, 0.1) is 0 Å². The Hall–Kier alpha value is -1.34.